The fraction of sp³-hybridized carbons (Fsp3) is 0.333. The smallest absolute Gasteiger partial charge is 0.416 e. The fourth-order valence-electron chi connectivity index (χ4n) is 3.72. The van der Waals surface area contributed by atoms with Crippen molar-refractivity contribution in [2.75, 3.05) is 26.2 Å². The van der Waals surface area contributed by atoms with E-state index in [0.29, 0.717) is 0 Å². The molecule has 8 nitrogen and oxygen atoms in total. The van der Waals surface area contributed by atoms with E-state index in [2.05, 4.69) is 5.16 Å². The van der Waals surface area contributed by atoms with Gasteiger partial charge in [-0.15, -0.1) is 0 Å². The lowest BCUT2D eigenvalue weighted by Crippen LogP contribution is -2.50. The summed E-state index contributed by atoms with van der Waals surface area (Å²) in [5.74, 6) is -0.181. The van der Waals surface area contributed by atoms with Gasteiger partial charge in [-0.25, -0.2) is 8.42 Å². The SMILES string of the molecule is Cc1noc(C)c1S(=O)(=O)N1CCN(C(=O)c2ccc(-c3cccc(C(F)(F)F)c3)o2)CC1. The molecule has 0 saturated carbocycles. The molecule has 33 heavy (non-hydrogen) atoms. The van der Waals surface area contributed by atoms with E-state index < -0.39 is 27.7 Å². The number of furan rings is 1. The van der Waals surface area contributed by atoms with Crippen LogP contribution in [0.5, 0.6) is 0 Å². The zero-order valence-corrected chi connectivity index (χ0v) is 18.5. The molecule has 0 spiro atoms. The molecule has 1 aromatic carbocycles. The molecule has 3 aromatic rings. The second kappa shape index (κ2) is 8.34. The maximum absolute atomic E-state index is 13.0. The summed E-state index contributed by atoms with van der Waals surface area (Å²) in [7, 11) is -3.82. The number of carbonyl (C=O) groups is 1. The summed E-state index contributed by atoms with van der Waals surface area (Å²) < 4.78 is 76.5. The molecule has 0 bridgehead atoms. The Morgan fingerprint density at radius 3 is 2.36 bits per heavy atom. The molecule has 0 radical (unpaired) electrons. The van der Waals surface area contributed by atoms with Crippen LogP contribution in [0.15, 0.2) is 50.2 Å². The van der Waals surface area contributed by atoms with Crippen LogP contribution in [0.1, 0.15) is 27.6 Å². The average molecular weight is 483 g/mol. The lowest BCUT2D eigenvalue weighted by Gasteiger charge is -2.33. The topological polar surface area (TPSA) is 96.9 Å². The van der Waals surface area contributed by atoms with Crippen molar-refractivity contribution in [3.05, 3.63) is 59.2 Å². The summed E-state index contributed by atoms with van der Waals surface area (Å²) in [4.78, 5) is 14.3. The summed E-state index contributed by atoms with van der Waals surface area (Å²) >= 11 is 0. The van der Waals surface area contributed by atoms with Crippen LogP contribution in [0, 0.1) is 13.8 Å². The van der Waals surface area contributed by atoms with Gasteiger partial charge in [0.25, 0.3) is 5.91 Å². The third-order valence-corrected chi connectivity index (χ3v) is 7.53. The van der Waals surface area contributed by atoms with E-state index in [4.69, 9.17) is 8.94 Å². The van der Waals surface area contributed by atoms with E-state index in [0.717, 1.165) is 12.1 Å². The van der Waals surface area contributed by atoms with Gasteiger partial charge >= 0.3 is 6.18 Å². The Balaban J connectivity index is 1.46. The van der Waals surface area contributed by atoms with Gasteiger partial charge in [0.15, 0.2) is 11.5 Å². The predicted octanol–water partition coefficient (Wildman–Crippen LogP) is 3.72. The molecule has 176 valence electrons. The average Bonchev–Trinajstić information content (AvgIpc) is 3.40. The maximum Gasteiger partial charge on any atom is 0.416 e. The third-order valence-electron chi connectivity index (χ3n) is 5.38. The molecule has 1 saturated heterocycles. The monoisotopic (exact) mass is 483 g/mol. The largest absolute Gasteiger partial charge is 0.451 e. The summed E-state index contributed by atoms with van der Waals surface area (Å²) in [6.45, 7) is 3.45. The first kappa shape index (κ1) is 23.1. The highest BCUT2D eigenvalue weighted by atomic mass is 32.2. The zero-order chi connectivity index (χ0) is 24.0. The van der Waals surface area contributed by atoms with Crippen LogP contribution < -0.4 is 0 Å². The normalized spacial score (nSPS) is 15.7. The van der Waals surface area contributed by atoms with Crippen LogP contribution in [0.4, 0.5) is 13.2 Å². The Bertz CT molecular complexity index is 1270. The maximum atomic E-state index is 13.0. The van der Waals surface area contributed by atoms with Gasteiger partial charge in [-0.1, -0.05) is 17.3 Å². The number of amides is 1. The minimum Gasteiger partial charge on any atom is -0.451 e. The van der Waals surface area contributed by atoms with Gasteiger partial charge in [0.2, 0.25) is 10.0 Å². The number of aryl methyl sites for hydroxylation is 2. The number of aromatic nitrogens is 1. The minimum absolute atomic E-state index is 0.0269. The second-order valence-corrected chi connectivity index (χ2v) is 9.47. The lowest BCUT2D eigenvalue weighted by atomic mass is 10.1. The Morgan fingerprint density at radius 2 is 1.76 bits per heavy atom. The molecular formula is C21H20F3N3O5S. The number of sulfonamides is 1. The first-order valence-electron chi connectivity index (χ1n) is 9.98. The molecule has 4 rings (SSSR count). The van der Waals surface area contributed by atoms with Gasteiger partial charge in [0, 0.05) is 31.7 Å². The molecule has 1 amide bonds. The molecule has 0 aliphatic carbocycles. The molecule has 12 heteroatoms. The number of rotatable bonds is 4. The number of piperazine rings is 1. The zero-order valence-electron chi connectivity index (χ0n) is 17.7. The number of carbonyl (C=O) groups excluding carboxylic acids is 1. The Morgan fingerprint density at radius 1 is 1.06 bits per heavy atom. The van der Waals surface area contributed by atoms with E-state index in [-0.39, 0.29) is 59.6 Å². The fourth-order valence-corrected chi connectivity index (χ4v) is 5.43. The summed E-state index contributed by atoms with van der Waals surface area (Å²) in [5, 5.41) is 3.69. The van der Waals surface area contributed by atoms with Crippen molar-refractivity contribution in [3.8, 4) is 11.3 Å². The van der Waals surface area contributed by atoms with Gasteiger partial charge in [-0.3, -0.25) is 4.79 Å². The van der Waals surface area contributed by atoms with Gasteiger partial charge < -0.3 is 13.8 Å². The van der Waals surface area contributed by atoms with Crippen LogP contribution in [0.25, 0.3) is 11.3 Å². The second-order valence-electron chi connectivity index (χ2n) is 7.59. The standard InChI is InChI=1S/C21H20F3N3O5S/c1-13-19(14(2)32-25-13)33(29,30)27-10-8-26(9-11-27)20(28)18-7-6-17(31-18)15-4-3-5-16(12-15)21(22,23)24/h3-7,12H,8-11H2,1-2H3. The van der Waals surface area contributed by atoms with E-state index in [9.17, 15) is 26.4 Å². The molecule has 3 heterocycles. The molecule has 0 N–H and O–H groups in total. The first-order valence-corrected chi connectivity index (χ1v) is 11.4. The molecule has 1 fully saturated rings. The first-order chi connectivity index (χ1) is 15.5. The lowest BCUT2D eigenvalue weighted by molar-refractivity contribution is -0.137. The molecule has 1 aliphatic heterocycles. The molecule has 0 atom stereocenters. The van der Waals surface area contributed by atoms with E-state index in [1.54, 1.807) is 6.92 Å². The van der Waals surface area contributed by atoms with Crippen molar-refractivity contribution in [2.24, 2.45) is 0 Å². The van der Waals surface area contributed by atoms with Gasteiger partial charge in [0.1, 0.15) is 16.3 Å². The number of hydrogen-bond acceptors (Lipinski definition) is 6. The number of alkyl halides is 3. The van der Waals surface area contributed by atoms with Crippen molar-refractivity contribution in [1.82, 2.24) is 14.4 Å². The molecule has 0 unspecified atom stereocenters. The third kappa shape index (κ3) is 4.40. The van der Waals surface area contributed by atoms with Gasteiger partial charge in [0.05, 0.1) is 5.56 Å². The van der Waals surface area contributed by atoms with Crippen LogP contribution in [-0.4, -0.2) is 54.9 Å². The Kier molecular flexibility index (Phi) is 5.83. The van der Waals surface area contributed by atoms with Crippen molar-refractivity contribution in [3.63, 3.8) is 0 Å². The van der Waals surface area contributed by atoms with Crippen LogP contribution in [-0.2, 0) is 16.2 Å². The van der Waals surface area contributed by atoms with Crippen LogP contribution in [0.2, 0.25) is 0 Å². The van der Waals surface area contributed by atoms with Gasteiger partial charge in [-0.05, 0) is 38.1 Å². The highest BCUT2D eigenvalue weighted by Gasteiger charge is 2.35. The van der Waals surface area contributed by atoms with E-state index >= 15 is 0 Å². The Labute approximate surface area is 187 Å². The highest BCUT2D eigenvalue weighted by Crippen LogP contribution is 2.33. The Hall–Kier alpha value is -3.12. The number of hydrogen-bond donors (Lipinski definition) is 0. The summed E-state index contributed by atoms with van der Waals surface area (Å²) in [5.41, 5.74) is -0.358. The van der Waals surface area contributed by atoms with Crippen molar-refractivity contribution < 1.29 is 35.3 Å². The quantitative estimate of drug-likeness (QED) is 0.561. The van der Waals surface area contributed by atoms with Crippen molar-refractivity contribution in [1.29, 1.82) is 0 Å². The van der Waals surface area contributed by atoms with E-state index in [1.807, 2.05) is 0 Å². The van der Waals surface area contributed by atoms with Gasteiger partial charge in [-0.2, -0.15) is 17.5 Å². The number of benzene rings is 1. The minimum atomic E-state index is -4.50. The summed E-state index contributed by atoms with van der Waals surface area (Å²) in [6, 6.07) is 7.45. The predicted molar refractivity (Wildman–Crippen MR) is 110 cm³/mol. The molecule has 1 aliphatic rings. The summed E-state index contributed by atoms with van der Waals surface area (Å²) in [6.07, 6.45) is -4.50. The molecular weight excluding hydrogens is 463 g/mol. The van der Waals surface area contributed by atoms with Crippen molar-refractivity contribution in [2.45, 2.75) is 24.9 Å². The molecule has 2 aromatic heterocycles. The van der Waals surface area contributed by atoms with Crippen LogP contribution >= 0.6 is 0 Å². The van der Waals surface area contributed by atoms with Crippen molar-refractivity contribution >= 4 is 15.9 Å². The van der Waals surface area contributed by atoms with E-state index in [1.165, 1.54) is 40.4 Å². The number of halogens is 3. The highest BCUT2D eigenvalue weighted by molar-refractivity contribution is 7.89. The number of nitrogens with zero attached hydrogens (tertiary/aromatic N) is 3. The van der Waals surface area contributed by atoms with Crippen LogP contribution in [0.3, 0.4) is 0 Å².